The van der Waals surface area contributed by atoms with Gasteiger partial charge >= 0.3 is 5.97 Å². The molecular formula is C21H23NO5. The SMILES string of the molecule is CC[C@H](Oc1ccccc1)C(=O)O[C@H](C)C(=O)Nc1ccc(C(C)=O)cc1. The van der Waals surface area contributed by atoms with Gasteiger partial charge < -0.3 is 14.8 Å². The second kappa shape index (κ2) is 9.52. The molecule has 1 amide bonds. The summed E-state index contributed by atoms with van der Waals surface area (Å²) in [6, 6.07) is 15.4. The fourth-order valence-electron chi connectivity index (χ4n) is 2.30. The van der Waals surface area contributed by atoms with Gasteiger partial charge in [0.05, 0.1) is 0 Å². The molecule has 6 heteroatoms. The number of nitrogens with one attached hydrogen (secondary N) is 1. The van der Waals surface area contributed by atoms with E-state index in [9.17, 15) is 14.4 Å². The molecular weight excluding hydrogens is 346 g/mol. The lowest BCUT2D eigenvalue weighted by Gasteiger charge is -2.19. The molecule has 0 radical (unpaired) electrons. The van der Waals surface area contributed by atoms with Crippen molar-refractivity contribution in [2.75, 3.05) is 5.32 Å². The van der Waals surface area contributed by atoms with Crippen LogP contribution in [-0.2, 0) is 14.3 Å². The summed E-state index contributed by atoms with van der Waals surface area (Å²) in [4.78, 5) is 35.8. The molecule has 0 spiro atoms. The van der Waals surface area contributed by atoms with Gasteiger partial charge in [-0.15, -0.1) is 0 Å². The average molecular weight is 369 g/mol. The molecule has 0 aliphatic rings. The molecule has 0 bridgehead atoms. The molecule has 2 aromatic rings. The van der Waals surface area contributed by atoms with Gasteiger partial charge in [0.1, 0.15) is 5.75 Å². The second-order valence-electron chi connectivity index (χ2n) is 6.03. The van der Waals surface area contributed by atoms with Crippen molar-refractivity contribution in [2.45, 2.75) is 39.4 Å². The Labute approximate surface area is 158 Å². The number of esters is 1. The largest absolute Gasteiger partial charge is 0.479 e. The van der Waals surface area contributed by atoms with E-state index >= 15 is 0 Å². The topological polar surface area (TPSA) is 81.7 Å². The molecule has 6 nitrogen and oxygen atoms in total. The van der Waals surface area contributed by atoms with Crippen LogP contribution in [0.15, 0.2) is 54.6 Å². The van der Waals surface area contributed by atoms with E-state index in [1.54, 1.807) is 55.5 Å². The molecule has 0 unspecified atom stereocenters. The van der Waals surface area contributed by atoms with E-state index in [1.165, 1.54) is 13.8 Å². The minimum Gasteiger partial charge on any atom is -0.479 e. The number of rotatable bonds is 8. The molecule has 2 rings (SSSR count). The molecule has 0 aromatic heterocycles. The zero-order chi connectivity index (χ0) is 19.8. The summed E-state index contributed by atoms with van der Waals surface area (Å²) in [7, 11) is 0. The van der Waals surface area contributed by atoms with E-state index in [4.69, 9.17) is 9.47 Å². The lowest BCUT2D eigenvalue weighted by atomic mass is 10.1. The Morgan fingerprint density at radius 1 is 1.00 bits per heavy atom. The number of carbonyl (C=O) groups excluding carboxylic acids is 3. The van der Waals surface area contributed by atoms with E-state index in [2.05, 4.69) is 5.32 Å². The first kappa shape index (κ1) is 20.2. The number of carbonyl (C=O) groups is 3. The maximum Gasteiger partial charge on any atom is 0.348 e. The molecule has 0 aliphatic carbocycles. The van der Waals surface area contributed by atoms with Crippen molar-refractivity contribution in [1.82, 2.24) is 0 Å². The normalized spacial score (nSPS) is 12.6. The smallest absolute Gasteiger partial charge is 0.348 e. The van der Waals surface area contributed by atoms with Gasteiger partial charge in [-0.05, 0) is 56.7 Å². The van der Waals surface area contributed by atoms with Crippen molar-refractivity contribution >= 4 is 23.3 Å². The number of hydrogen-bond donors (Lipinski definition) is 1. The van der Waals surface area contributed by atoms with E-state index in [0.29, 0.717) is 23.4 Å². The summed E-state index contributed by atoms with van der Waals surface area (Å²) < 4.78 is 10.9. The van der Waals surface area contributed by atoms with Crippen LogP contribution in [-0.4, -0.2) is 29.9 Å². The van der Waals surface area contributed by atoms with Crippen LogP contribution in [0, 0.1) is 0 Å². The summed E-state index contributed by atoms with van der Waals surface area (Å²) in [6.07, 6.45) is -1.37. The third-order valence-electron chi connectivity index (χ3n) is 3.88. The molecule has 2 atom stereocenters. The van der Waals surface area contributed by atoms with Crippen LogP contribution in [0.5, 0.6) is 5.75 Å². The van der Waals surface area contributed by atoms with Crippen LogP contribution in [0.1, 0.15) is 37.6 Å². The van der Waals surface area contributed by atoms with Gasteiger partial charge in [0.2, 0.25) is 0 Å². The van der Waals surface area contributed by atoms with Crippen molar-refractivity contribution in [3.8, 4) is 5.75 Å². The zero-order valence-electron chi connectivity index (χ0n) is 15.6. The van der Waals surface area contributed by atoms with Crippen LogP contribution in [0.3, 0.4) is 0 Å². The highest BCUT2D eigenvalue weighted by Crippen LogP contribution is 2.15. The number of hydrogen-bond acceptors (Lipinski definition) is 5. The molecule has 0 aliphatic heterocycles. The molecule has 0 saturated heterocycles. The quantitative estimate of drug-likeness (QED) is 0.568. The average Bonchev–Trinajstić information content (AvgIpc) is 2.67. The predicted octanol–water partition coefficient (Wildman–Crippen LogP) is 3.62. The number of ether oxygens (including phenoxy) is 2. The minimum absolute atomic E-state index is 0.0563. The maximum atomic E-state index is 12.3. The van der Waals surface area contributed by atoms with Crippen LogP contribution < -0.4 is 10.1 Å². The highest BCUT2D eigenvalue weighted by molar-refractivity contribution is 5.97. The lowest BCUT2D eigenvalue weighted by molar-refractivity contribution is -0.160. The Kier molecular flexibility index (Phi) is 7.11. The molecule has 0 saturated carbocycles. The Morgan fingerprint density at radius 2 is 1.63 bits per heavy atom. The number of benzene rings is 2. The summed E-state index contributed by atoms with van der Waals surface area (Å²) in [5.41, 5.74) is 1.07. The Hall–Kier alpha value is -3.15. The zero-order valence-corrected chi connectivity index (χ0v) is 15.6. The van der Waals surface area contributed by atoms with Crippen molar-refractivity contribution in [3.05, 3.63) is 60.2 Å². The number of ketones is 1. The monoisotopic (exact) mass is 369 g/mol. The first-order valence-electron chi connectivity index (χ1n) is 8.74. The third kappa shape index (κ3) is 5.95. The third-order valence-corrected chi connectivity index (χ3v) is 3.88. The van der Waals surface area contributed by atoms with Crippen molar-refractivity contribution in [2.24, 2.45) is 0 Å². The highest BCUT2D eigenvalue weighted by Gasteiger charge is 2.25. The van der Waals surface area contributed by atoms with E-state index in [1.807, 2.05) is 6.07 Å². The second-order valence-corrected chi connectivity index (χ2v) is 6.03. The van der Waals surface area contributed by atoms with E-state index in [-0.39, 0.29) is 5.78 Å². The van der Waals surface area contributed by atoms with Gasteiger partial charge in [-0.25, -0.2) is 4.79 Å². The molecule has 2 aromatic carbocycles. The minimum atomic E-state index is -0.988. The summed E-state index contributed by atoms with van der Waals surface area (Å²) in [5, 5.41) is 2.65. The number of Topliss-reactive ketones (excluding diaryl/α,β-unsaturated/α-hetero) is 1. The maximum absolute atomic E-state index is 12.3. The van der Waals surface area contributed by atoms with Gasteiger partial charge in [-0.3, -0.25) is 9.59 Å². The van der Waals surface area contributed by atoms with Gasteiger partial charge in [0.25, 0.3) is 5.91 Å². The lowest BCUT2D eigenvalue weighted by Crippen LogP contribution is -2.36. The van der Waals surface area contributed by atoms with Gasteiger partial charge in [0.15, 0.2) is 18.0 Å². The predicted molar refractivity (Wildman–Crippen MR) is 102 cm³/mol. The fourth-order valence-corrected chi connectivity index (χ4v) is 2.30. The van der Waals surface area contributed by atoms with Crippen molar-refractivity contribution in [3.63, 3.8) is 0 Å². The number of anilines is 1. The number of amides is 1. The van der Waals surface area contributed by atoms with Gasteiger partial charge in [0, 0.05) is 11.3 Å². The Morgan fingerprint density at radius 3 is 2.19 bits per heavy atom. The Balaban J connectivity index is 1.91. The Bertz CT molecular complexity index is 786. The summed E-state index contributed by atoms with van der Waals surface area (Å²) >= 11 is 0. The van der Waals surface area contributed by atoms with Crippen LogP contribution in [0.4, 0.5) is 5.69 Å². The molecule has 142 valence electrons. The van der Waals surface area contributed by atoms with Crippen LogP contribution in [0.25, 0.3) is 0 Å². The van der Waals surface area contributed by atoms with Crippen molar-refractivity contribution in [1.29, 1.82) is 0 Å². The van der Waals surface area contributed by atoms with E-state index < -0.39 is 24.1 Å². The fraction of sp³-hybridized carbons (Fsp3) is 0.286. The van der Waals surface area contributed by atoms with Gasteiger partial charge in [-0.2, -0.15) is 0 Å². The first-order chi connectivity index (χ1) is 12.9. The standard InChI is InChI=1S/C21H23NO5/c1-4-19(27-18-8-6-5-7-9-18)21(25)26-15(3)20(24)22-17-12-10-16(11-13-17)14(2)23/h5-13,15,19H,4H2,1-3H3,(H,22,24)/t15-,19+/m1/s1. The van der Waals surface area contributed by atoms with Crippen molar-refractivity contribution < 1.29 is 23.9 Å². The van der Waals surface area contributed by atoms with Crippen LogP contribution in [0.2, 0.25) is 0 Å². The highest BCUT2D eigenvalue weighted by atomic mass is 16.6. The van der Waals surface area contributed by atoms with E-state index in [0.717, 1.165) is 0 Å². The summed E-state index contributed by atoms with van der Waals surface area (Å²) in [5.74, 6) is -0.562. The molecule has 0 heterocycles. The first-order valence-corrected chi connectivity index (χ1v) is 8.74. The van der Waals surface area contributed by atoms with Gasteiger partial charge in [-0.1, -0.05) is 25.1 Å². The number of para-hydroxylation sites is 1. The molecule has 0 fully saturated rings. The molecule has 27 heavy (non-hydrogen) atoms. The van der Waals surface area contributed by atoms with Crippen LogP contribution >= 0.6 is 0 Å². The summed E-state index contributed by atoms with van der Waals surface area (Å²) in [6.45, 7) is 4.76. The molecule has 1 N–H and O–H groups in total.